The van der Waals surface area contributed by atoms with E-state index in [0.717, 1.165) is 25.7 Å². The second-order valence-electron chi connectivity index (χ2n) is 10.9. The first-order chi connectivity index (χ1) is 19.6. The lowest BCUT2D eigenvalue weighted by molar-refractivity contribution is -0.432. The first kappa shape index (κ1) is 32.4. The van der Waals surface area contributed by atoms with Crippen molar-refractivity contribution >= 4 is 0 Å². The molecule has 1 heterocycles. The Bertz CT molecular complexity index is 1190. The molecular formula is C29H30F10O3. The second kappa shape index (κ2) is 12.6. The molecule has 2 fully saturated rings. The Morgan fingerprint density at radius 1 is 0.810 bits per heavy atom. The molecule has 1 saturated carbocycles. The lowest BCUT2D eigenvalue weighted by Gasteiger charge is -2.39. The van der Waals surface area contributed by atoms with Crippen LogP contribution in [0.1, 0.15) is 63.9 Å². The maximum atomic E-state index is 15.0. The highest BCUT2D eigenvalue weighted by molar-refractivity contribution is 5.66. The fraction of sp³-hybridized carbons (Fsp3) is 0.586. The summed E-state index contributed by atoms with van der Waals surface area (Å²) in [6, 6.07) is 1.77. The van der Waals surface area contributed by atoms with Crippen molar-refractivity contribution in [2.24, 2.45) is 17.8 Å². The van der Waals surface area contributed by atoms with Crippen molar-refractivity contribution in [3.63, 3.8) is 0 Å². The van der Waals surface area contributed by atoms with E-state index in [4.69, 9.17) is 9.47 Å². The zero-order chi connectivity index (χ0) is 30.9. The van der Waals surface area contributed by atoms with Gasteiger partial charge in [-0.05, 0) is 74.5 Å². The number of hydrogen-bond donors (Lipinski definition) is 0. The predicted molar refractivity (Wildman–Crippen MR) is 131 cm³/mol. The zero-order valence-corrected chi connectivity index (χ0v) is 22.6. The smallest absolute Gasteiger partial charge is 0.432 e. The number of rotatable bonds is 9. The molecule has 1 saturated heterocycles. The van der Waals surface area contributed by atoms with Gasteiger partial charge >= 0.3 is 18.6 Å². The average molecular weight is 617 g/mol. The van der Waals surface area contributed by atoms with E-state index >= 15 is 8.78 Å². The summed E-state index contributed by atoms with van der Waals surface area (Å²) >= 11 is 0. The van der Waals surface area contributed by atoms with Crippen molar-refractivity contribution in [3.8, 4) is 16.9 Å². The van der Waals surface area contributed by atoms with E-state index < -0.39 is 64.4 Å². The van der Waals surface area contributed by atoms with Gasteiger partial charge in [0.25, 0.3) is 0 Å². The number of halogens is 10. The van der Waals surface area contributed by atoms with Gasteiger partial charge in [-0.15, -0.1) is 13.2 Å². The Hall–Kier alpha value is -2.54. The lowest BCUT2D eigenvalue weighted by Crippen LogP contribution is -2.40. The van der Waals surface area contributed by atoms with Crippen LogP contribution >= 0.6 is 0 Å². The molecule has 0 amide bonds. The summed E-state index contributed by atoms with van der Waals surface area (Å²) in [4.78, 5) is 0. The van der Waals surface area contributed by atoms with E-state index in [2.05, 4.69) is 11.7 Å². The van der Waals surface area contributed by atoms with E-state index in [-0.39, 0.29) is 37.0 Å². The zero-order valence-electron chi connectivity index (χ0n) is 22.6. The van der Waals surface area contributed by atoms with E-state index in [9.17, 15) is 35.1 Å². The predicted octanol–water partition coefficient (Wildman–Crippen LogP) is 9.73. The van der Waals surface area contributed by atoms with Crippen LogP contribution < -0.4 is 4.74 Å². The van der Waals surface area contributed by atoms with E-state index in [0.29, 0.717) is 43.6 Å². The van der Waals surface area contributed by atoms with Crippen LogP contribution in [0.25, 0.3) is 11.1 Å². The molecule has 4 rings (SSSR count). The molecule has 2 aliphatic rings. The van der Waals surface area contributed by atoms with Crippen LogP contribution in [0.15, 0.2) is 30.3 Å². The molecule has 2 atom stereocenters. The Balaban J connectivity index is 1.41. The van der Waals surface area contributed by atoms with Crippen LogP contribution in [0.3, 0.4) is 0 Å². The number of hydrogen-bond acceptors (Lipinski definition) is 3. The van der Waals surface area contributed by atoms with Gasteiger partial charge < -0.3 is 9.47 Å². The van der Waals surface area contributed by atoms with Crippen molar-refractivity contribution in [2.75, 3.05) is 6.61 Å². The Kier molecular flexibility index (Phi) is 9.71. The highest BCUT2D eigenvalue weighted by Crippen LogP contribution is 2.44. The summed E-state index contributed by atoms with van der Waals surface area (Å²) < 4.78 is 151. The topological polar surface area (TPSA) is 27.7 Å². The quantitative estimate of drug-likeness (QED) is 0.263. The van der Waals surface area contributed by atoms with Gasteiger partial charge in [0, 0.05) is 18.7 Å². The van der Waals surface area contributed by atoms with Gasteiger partial charge in [-0.2, -0.15) is 17.6 Å². The maximum absolute atomic E-state index is 15.0. The fourth-order valence-electron chi connectivity index (χ4n) is 5.89. The molecule has 0 N–H and O–H groups in total. The summed E-state index contributed by atoms with van der Waals surface area (Å²) in [7, 11) is 0. The van der Waals surface area contributed by atoms with Gasteiger partial charge in [0.05, 0.1) is 23.1 Å². The summed E-state index contributed by atoms with van der Waals surface area (Å²) in [5.41, 5.74) is -3.48. The van der Waals surface area contributed by atoms with Crippen LogP contribution in [0, 0.1) is 35.2 Å². The molecule has 3 nitrogen and oxygen atoms in total. The van der Waals surface area contributed by atoms with Gasteiger partial charge in [-0.25, -0.2) is 17.9 Å². The molecule has 1 aliphatic heterocycles. The molecule has 13 heteroatoms. The molecule has 2 unspecified atom stereocenters. The van der Waals surface area contributed by atoms with Crippen molar-refractivity contribution in [2.45, 2.75) is 83.0 Å². The fourth-order valence-corrected chi connectivity index (χ4v) is 5.89. The standard InChI is InChI=1S/C29H30F10O3/c1-2-3-16-4-11-25(40-15-16)17-5-8-19(9-6-17)27(33,34)41-20-13-23(31)26(24(32)14-20)18-7-10-21(22(30)12-18)28(35,36)42-29(37,38)39/h7,10,12-14,16-17,19,25H,2-6,8-9,11,15H2,1H3. The number of benzene rings is 2. The van der Waals surface area contributed by atoms with Gasteiger partial charge in [0.2, 0.25) is 0 Å². The number of alkyl halides is 7. The van der Waals surface area contributed by atoms with Crippen molar-refractivity contribution in [1.82, 2.24) is 0 Å². The van der Waals surface area contributed by atoms with Gasteiger partial charge in [0.15, 0.2) is 0 Å². The third-order valence-corrected chi connectivity index (χ3v) is 7.96. The van der Waals surface area contributed by atoms with Crippen LogP contribution in [-0.2, 0) is 15.6 Å². The Labute approximate surface area is 236 Å². The second-order valence-corrected chi connectivity index (χ2v) is 10.9. The van der Waals surface area contributed by atoms with Crippen molar-refractivity contribution < 1.29 is 58.1 Å². The third-order valence-electron chi connectivity index (χ3n) is 7.96. The Morgan fingerprint density at radius 3 is 1.98 bits per heavy atom. The minimum atomic E-state index is -5.80. The van der Waals surface area contributed by atoms with Crippen molar-refractivity contribution in [3.05, 3.63) is 53.3 Å². The molecule has 0 bridgehead atoms. The molecule has 2 aromatic carbocycles. The molecule has 0 radical (unpaired) electrons. The van der Waals surface area contributed by atoms with E-state index in [1.165, 1.54) is 0 Å². The minimum Gasteiger partial charge on any atom is -0.432 e. The first-order valence-corrected chi connectivity index (χ1v) is 13.7. The number of ether oxygens (including phenoxy) is 3. The highest BCUT2D eigenvalue weighted by atomic mass is 19.4. The Morgan fingerprint density at radius 2 is 1.45 bits per heavy atom. The van der Waals surface area contributed by atoms with Gasteiger partial charge in [-0.3, -0.25) is 0 Å². The molecular weight excluding hydrogens is 586 g/mol. The van der Waals surface area contributed by atoms with E-state index in [1.54, 1.807) is 0 Å². The normalized spacial score (nSPS) is 24.1. The molecule has 1 aliphatic carbocycles. The molecule has 0 spiro atoms. The summed E-state index contributed by atoms with van der Waals surface area (Å²) in [6.45, 7) is 2.78. The van der Waals surface area contributed by atoms with E-state index in [1.807, 2.05) is 0 Å². The monoisotopic (exact) mass is 616 g/mol. The largest absolute Gasteiger partial charge is 0.527 e. The lowest BCUT2D eigenvalue weighted by atomic mass is 9.76. The molecule has 2 aromatic rings. The van der Waals surface area contributed by atoms with Crippen LogP contribution in [0.2, 0.25) is 0 Å². The highest BCUT2D eigenvalue weighted by Gasteiger charge is 2.48. The molecule has 234 valence electrons. The minimum absolute atomic E-state index is 0.0200. The van der Waals surface area contributed by atoms with Crippen molar-refractivity contribution in [1.29, 1.82) is 0 Å². The van der Waals surface area contributed by atoms with Crippen LogP contribution in [-0.4, -0.2) is 25.2 Å². The summed E-state index contributed by atoms with van der Waals surface area (Å²) in [5.74, 6) is -6.30. The van der Waals surface area contributed by atoms with Crippen LogP contribution in [0.4, 0.5) is 43.9 Å². The van der Waals surface area contributed by atoms with Crippen LogP contribution in [0.5, 0.6) is 5.75 Å². The van der Waals surface area contributed by atoms with Gasteiger partial charge in [0.1, 0.15) is 23.2 Å². The average Bonchev–Trinajstić information content (AvgIpc) is 2.87. The van der Waals surface area contributed by atoms with Gasteiger partial charge in [-0.1, -0.05) is 19.4 Å². The molecule has 0 aromatic heterocycles. The SMILES string of the molecule is CCCC1CCC(C2CCC(C(F)(F)Oc3cc(F)c(-c4ccc(C(F)(F)OC(F)(F)F)c(F)c4)c(F)c3)CC2)OC1. The summed E-state index contributed by atoms with van der Waals surface area (Å²) in [5, 5.41) is 0. The molecule has 42 heavy (non-hydrogen) atoms. The first-order valence-electron chi connectivity index (χ1n) is 13.7. The summed E-state index contributed by atoms with van der Waals surface area (Å²) in [6.07, 6.45) is -9.36. The third kappa shape index (κ3) is 7.69. The maximum Gasteiger partial charge on any atom is 0.527 e.